The summed E-state index contributed by atoms with van der Waals surface area (Å²) in [5.41, 5.74) is 0. The molecule has 0 aromatic rings. The Morgan fingerprint density at radius 2 is 0.364 bits per heavy atom. The number of hydrogen-bond acceptors (Lipinski definition) is 4. The molecule has 0 saturated carbocycles. The quantitative estimate of drug-likeness (QED) is 0.0363. The van der Waals surface area contributed by atoms with Crippen molar-refractivity contribution in [2.75, 3.05) is 26.2 Å². The maximum atomic E-state index is 8.52. The highest BCUT2D eigenvalue weighted by atomic mass is 32.3. The van der Waals surface area contributed by atoms with Gasteiger partial charge in [-0.05, 0) is 51.4 Å². The van der Waals surface area contributed by atoms with Crippen LogP contribution in [0.25, 0.3) is 0 Å². The number of hydrogen-bond donors (Lipinski definition) is 2. The molecule has 4 N–H and O–H groups in total. The van der Waals surface area contributed by atoms with Gasteiger partial charge in [0, 0.05) is 10.4 Å². The van der Waals surface area contributed by atoms with Gasteiger partial charge in [-0.25, -0.2) is 0 Å². The number of unbranched alkanes of at least 4 members (excludes halogenated alkanes) is 36. The first kappa shape index (κ1) is 59.1. The van der Waals surface area contributed by atoms with Crippen molar-refractivity contribution in [2.24, 2.45) is 0 Å². The molecule has 0 aromatic heterocycles. The summed E-state index contributed by atoms with van der Waals surface area (Å²) >= 11 is 0. The first-order valence-electron chi connectivity index (χ1n) is 25.1. The zero-order valence-corrected chi connectivity index (χ0v) is 39.1. The zero-order chi connectivity index (χ0) is 41.0. The summed E-state index contributed by atoms with van der Waals surface area (Å²) in [4.78, 5) is 0. The second-order valence-corrected chi connectivity index (χ2v) is 17.7. The molecule has 336 valence electrons. The molecule has 0 unspecified atom stereocenters. The van der Waals surface area contributed by atoms with Crippen LogP contribution in [0.4, 0.5) is 0 Å². The summed E-state index contributed by atoms with van der Waals surface area (Å²) in [5.74, 6) is 0. The van der Waals surface area contributed by atoms with Gasteiger partial charge in [-0.15, -0.1) is 0 Å². The Morgan fingerprint density at radius 1 is 0.255 bits per heavy atom. The van der Waals surface area contributed by atoms with E-state index in [9.17, 15) is 0 Å². The van der Waals surface area contributed by atoms with Gasteiger partial charge < -0.3 is 19.7 Å². The minimum atomic E-state index is -5.17. The SMILES string of the molecule is CCCCCCCCCCCC[NH2+]CCCCCCCCCCCC.CCCCCCCCCCCC[NH2+]CCCCCCCCCCCC.O=S(=O)([O-])[O-]. The lowest BCUT2D eigenvalue weighted by Crippen LogP contribution is -2.84. The van der Waals surface area contributed by atoms with Crippen LogP contribution in [0.2, 0.25) is 0 Å². The summed E-state index contributed by atoms with van der Waals surface area (Å²) in [6, 6.07) is 0. The van der Waals surface area contributed by atoms with E-state index in [1.165, 1.54) is 283 Å². The van der Waals surface area contributed by atoms with Crippen molar-refractivity contribution < 1.29 is 28.2 Å². The van der Waals surface area contributed by atoms with E-state index >= 15 is 0 Å². The molecule has 0 radical (unpaired) electrons. The maximum Gasteiger partial charge on any atom is 0.0755 e. The molecule has 0 atom stereocenters. The molecule has 0 fully saturated rings. The normalized spacial score (nSPS) is 11.3. The monoisotopic (exact) mass is 805 g/mol. The van der Waals surface area contributed by atoms with Crippen LogP contribution in [-0.4, -0.2) is 43.7 Å². The second kappa shape index (κ2) is 55.9. The Labute approximate surface area is 348 Å². The van der Waals surface area contributed by atoms with E-state index in [1.54, 1.807) is 0 Å². The maximum absolute atomic E-state index is 8.52. The minimum absolute atomic E-state index is 1.37. The summed E-state index contributed by atoms with van der Waals surface area (Å²) in [6.07, 6.45) is 58.2. The fraction of sp³-hybridized carbons (Fsp3) is 1.00. The summed E-state index contributed by atoms with van der Waals surface area (Å²) in [6.45, 7) is 14.7. The average molecular weight is 805 g/mol. The van der Waals surface area contributed by atoms with E-state index in [0.717, 1.165) is 0 Å². The van der Waals surface area contributed by atoms with Crippen LogP contribution >= 0.6 is 0 Å². The van der Waals surface area contributed by atoms with Gasteiger partial charge in [-0.2, -0.15) is 0 Å². The molecule has 6 nitrogen and oxygen atoms in total. The molecule has 0 aliphatic heterocycles. The second-order valence-electron chi connectivity index (χ2n) is 16.9. The van der Waals surface area contributed by atoms with Crippen molar-refractivity contribution in [3.8, 4) is 0 Å². The van der Waals surface area contributed by atoms with Crippen molar-refractivity contribution in [2.45, 2.75) is 285 Å². The van der Waals surface area contributed by atoms with Crippen molar-refractivity contribution in [1.29, 1.82) is 0 Å². The van der Waals surface area contributed by atoms with Crippen LogP contribution in [0, 0.1) is 0 Å². The zero-order valence-electron chi connectivity index (χ0n) is 38.3. The molecule has 7 heteroatoms. The first-order valence-corrected chi connectivity index (χ1v) is 26.5. The van der Waals surface area contributed by atoms with Crippen LogP contribution in [0.3, 0.4) is 0 Å². The van der Waals surface area contributed by atoms with Gasteiger partial charge in [-0.3, -0.25) is 8.42 Å². The third-order valence-electron chi connectivity index (χ3n) is 11.0. The molecule has 0 bridgehead atoms. The molecule has 0 spiro atoms. The Hall–Kier alpha value is -0.210. The number of rotatable bonds is 44. The van der Waals surface area contributed by atoms with E-state index in [0.29, 0.717) is 0 Å². The third-order valence-corrected chi connectivity index (χ3v) is 11.0. The predicted molar refractivity (Wildman–Crippen MR) is 241 cm³/mol. The highest BCUT2D eigenvalue weighted by Gasteiger charge is 1.98. The smallest absolute Gasteiger partial charge is 0.0755 e. The number of nitrogens with two attached hydrogens (primary N) is 2. The summed E-state index contributed by atoms with van der Waals surface area (Å²) in [7, 11) is -5.17. The molecule has 0 aliphatic carbocycles. The molecule has 0 rings (SSSR count). The summed E-state index contributed by atoms with van der Waals surface area (Å²) < 4.78 is 34.1. The average Bonchev–Trinajstić information content (AvgIpc) is 3.15. The van der Waals surface area contributed by atoms with Crippen molar-refractivity contribution in [1.82, 2.24) is 0 Å². The van der Waals surface area contributed by atoms with E-state index in [-0.39, 0.29) is 0 Å². The van der Waals surface area contributed by atoms with E-state index in [2.05, 4.69) is 38.3 Å². The van der Waals surface area contributed by atoms with Crippen molar-refractivity contribution in [3.05, 3.63) is 0 Å². The van der Waals surface area contributed by atoms with Gasteiger partial charge in [0.2, 0.25) is 0 Å². The molecule has 0 aromatic carbocycles. The van der Waals surface area contributed by atoms with Gasteiger partial charge in [-0.1, -0.05) is 233 Å². The Morgan fingerprint density at radius 3 is 0.491 bits per heavy atom. The fourth-order valence-corrected chi connectivity index (χ4v) is 7.39. The molecule has 0 amide bonds. The Balaban J connectivity index is -0.000000874. The molecule has 0 heterocycles. The lowest BCUT2D eigenvalue weighted by atomic mass is 10.1. The van der Waals surface area contributed by atoms with Crippen molar-refractivity contribution >= 4 is 10.4 Å². The van der Waals surface area contributed by atoms with E-state index in [1.807, 2.05) is 0 Å². The molecule has 0 saturated heterocycles. The highest BCUT2D eigenvalue weighted by molar-refractivity contribution is 7.79. The highest BCUT2D eigenvalue weighted by Crippen LogP contribution is 2.13. The first-order chi connectivity index (χ1) is 26.8. The van der Waals surface area contributed by atoms with Crippen LogP contribution in [0.1, 0.15) is 285 Å². The Kier molecular flexibility index (Phi) is 60.1. The van der Waals surface area contributed by atoms with Gasteiger partial charge in [0.05, 0.1) is 26.2 Å². The minimum Gasteiger partial charge on any atom is -0.759 e. The predicted octanol–water partition coefficient (Wildman–Crippen LogP) is 13.4. The van der Waals surface area contributed by atoms with Crippen LogP contribution in [-0.2, 0) is 10.4 Å². The fourth-order valence-electron chi connectivity index (χ4n) is 7.39. The number of quaternary nitrogens is 2. The van der Waals surface area contributed by atoms with Gasteiger partial charge in [0.25, 0.3) is 0 Å². The summed E-state index contributed by atoms with van der Waals surface area (Å²) in [5, 5.41) is 5.13. The van der Waals surface area contributed by atoms with Crippen LogP contribution < -0.4 is 10.6 Å². The van der Waals surface area contributed by atoms with Crippen LogP contribution in [0.15, 0.2) is 0 Å². The third kappa shape index (κ3) is 75.2. The standard InChI is InChI=1S/2C24H51N.H2O4S/c2*1-3-5-7-9-11-13-15-17-19-21-23-25-24-22-20-18-16-14-12-10-8-6-4-2;1-5(2,3)4/h2*25H,3-24H2,1-2H3;(H2,1,2,3,4). The van der Waals surface area contributed by atoms with Gasteiger partial charge in [0.15, 0.2) is 0 Å². The topological polar surface area (TPSA) is 113 Å². The van der Waals surface area contributed by atoms with Gasteiger partial charge >= 0.3 is 0 Å². The molecular formula is C48H104N2O4S. The van der Waals surface area contributed by atoms with Crippen LogP contribution in [0.5, 0.6) is 0 Å². The van der Waals surface area contributed by atoms with E-state index in [4.69, 9.17) is 17.5 Å². The van der Waals surface area contributed by atoms with Gasteiger partial charge in [0.1, 0.15) is 0 Å². The molecule has 0 aliphatic rings. The van der Waals surface area contributed by atoms with E-state index < -0.39 is 10.4 Å². The lowest BCUT2D eigenvalue weighted by molar-refractivity contribution is -0.655. The van der Waals surface area contributed by atoms with Crippen molar-refractivity contribution in [3.63, 3.8) is 0 Å². The molecule has 55 heavy (non-hydrogen) atoms. The molecular weight excluding hydrogens is 701 g/mol. The lowest BCUT2D eigenvalue weighted by Gasteiger charge is -2.06. The Bertz CT molecular complexity index is 639. The largest absolute Gasteiger partial charge is 0.759 e.